The molecular weight excluding hydrogens is 926 g/mol. The van der Waals surface area contributed by atoms with Gasteiger partial charge >= 0.3 is 0 Å². The molecule has 7 aromatic carbocycles. The molecule has 0 fully saturated rings. The SMILES string of the molecule is [B]c1c([B])c([B])c(-c2nc(-c3c([B])c([B])c([B])c([B])c3[B])nc(-c3c([B])c([B])c4c(oc5c([B])c(-n6c7c([B])c([B])c([B])c([B])c7c7c([B])c([B])c8c(sc9c([B])c([B])c([B])c([B])c98)c76)c([B])c([B])c54)c3[B])n2)c([B])c1[B]. The molecule has 0 bridgehead atoms. The topological polar surface area (TPSA) is 56.7 Å². The molecule has 0 aliphatic heterocycles. The fourth-order valence-electron chi connectivity index (χ4n) is 10.2. The van der Waals surface area contributed by atoms with Crippen LogP contribution in [-0.2, 0) is 0 Å². The van der Waals surface area contributed by atoms with Gasteiger partial charge in [-0.25, -0.2) is 15.0 Å². The van der Waals surface area contributed by atoms with Gasteiger partial charge in [-0.05, 0) is 27.1 Å². The van der Waals surface area contributed by atoms with E-state index in [1.54, 1.807) is 4.57 Å². The van der Waals surface area contributed by atoms with Crippen molar-refractivity contribution in [2.75, 3.05) is 0 Å². The van der Waals surface area contributed by atoms with Crippen LogP contribution >= 0.6 is 11.3 Å². The Morgan fingerprint density at radius 3 is 1.03 bits per heavy atom. The van der Waals surface area contributed by atoms with Crippen LogP contribution in [0.1, 0.15) is 0 Å². The van der Waals surface area contributed by atoms with Gasteiger partial charge in [0.15, 0.2) is 17.5 Å². The largest absolute Gasteiger partial charge is 0.457 e. The van der Waals surface area contributed by atoms with Crippen LogP contribution < -0.4 is 142 Å². The molecule has 11 rings (SSSR count). The standard InChI is InChI=1S/C45B26N4OS/c46-10-2-1-11(47)22(58)30(66)33(69)36(1)75(37(2)42-6(14(10)50)5-15(51)23(59)31(67)34(70)41(5)77-42)38-32(68)13(49)4-3-12(48)16(52)9(21(57)39(3)76-40(4)35(38)71)45-73-43(7-17(53)24(60)28(64)25(61)18(7)54)72-44(74-45)8-19(55)26(62)29(65)27(63)20(8)56. The molecule has 11 aromatic rings. The first kappa shape index (κ1) is 54.0. The van der Waals surface area contributed by atoms with Crippen LogP contribution in [0.25, 0.3) is 104 Å². The summed E-state index contributed by atoms with van der Waals surface area (Å²) >= 11 is 1.15. The highest BCUT2D eigenvalue weighted by atomic mass is 32.1. The van der Waals surface area contributed by atoms with Crippen molar-refractivity contribution in [3.63, 3.8) is 0 Å². The van der Waals surface area contributed by atoms with Gasteiger partial charge in [0.2, 0.25) is 0 Å². The second kappa shape index (κ2) is 18.3. The summed E-state index contributed by atoms with van der Waals surface area (Å²) in [4.78, 5) is 14.1. The fraction of sp³-hybridized carbons (Fsp3) is 0. The van der Waals surface area contributed by atoms with Crippen LogP contribution in [-0.4, -0.2) is 224 Å². The molecule has 0 saturated heterocycles. The maximum Gasteiger partial charge on any atom is 0.163 e. The molecule has 0 amide bonds. The number of aromatic nitrogens is 4. The molecule has 4 heterocycles. The molecule has 0 N–H and O–H groups in total. The lowest BCUT2D eigenvalue weighted by Gasteiger charge is -2.23. The number of benzene rings is 7. The Balaban J connectivity index is 1.27. The molecule has 4 aromatic heterocycles. The van der Waals surface area contributed by atoms with Gasteiger partial charge in [-0.2, -0.15) is 0 Å². The lowest BCUT2D eigenvalue weighted by Crippen LogP contribution is -2.55. The second-order valence-corrected chi connectivity index (χ2v) is 19.4. The Kier molecular flexibility index (Phi) is 12.8. The van der Waals surface area contributed by atoms with Crippen LogP contribution in [0, 0.1) is 0 Å². The zero-order valence-corrected chi connectivity index (χ0v) is 40.9. The van der Waals surface area contributed by atoms with Crippen LogP contribution in [0.5, 0.6) is 0 Å². The number of rotatable bonds is 4. The first-order valence-corrected chi connectivity index (χ1v) is 23.2. The number of hydrogen-bond donors (Lipinski definition) is 0. The number of nitrogens with zero attached hydrogens (tertiary/aromatic N) is 4. The van der Waals surface area contributed by atoms with Crippen molar-refractivity contribution in [2.45, 2.75) is 0 Å². The monoisotopic (exact) mass is 930 g/mol. The Bertz CT molecular complexity index is 4520. The summed E-state index contributed by atoms with van der Waals surface area (Å²) in [6.45, 7) is 0. The van der Waals surface area contributed by atoms with Gasteiger partial charge in [0.25, 0.3) is 0 Å². The van der Waals surface area contributed by atoms with Crippen LogP contribution in [0.2, 0.25) is 0 Å². The van der Waals surface area contributed by atoms with Crippen molar-refractivity contribution in [3.8, 4) is 39.9 Å². The number of fused-ring (bicyclic) bond motifs is 10. The van der Waals surface area contributed by atoms with Crippen molar-refractivity contribution in [3.05, 3.63) is 0 Å². The quantitative estimate of drug-likeness (QED) is 0.165. The summed E-state index contributed by atoms with van der Waals surface area (Å²) in [5.41, 5.74) is -2.41. The summed E-state index contributed by atoms with van der Waals surface area (Å²) in [5.74, 6) is -0.819. The molecule has 0 unspecified atom stereocenters. The van der Waals surface area contributed by atoms with E-state index >= 15 is 0 Å². The van der Waals surface area contributed by atoms with Crippen molar-refractivity contribution in [1.29, 1.82) is 0 Å². The minimum Gasteiger partial charge on any atom is -0.457 e. The van der Waals surface area contributed by atoms with Crippen LogP contribution in [0.3, 0.4) is 0 Å². The number of thiophene rings is 1. The number of furan rings is 1. The lowest BCUT2D eigenvalue weighted by atomic mass is 9.60. The van der Waals surface area contributed by atoms with Gasteiger partial charge in [-0.1, -0.05) is 76.5 Å². The molecule has 77 heavy (non-hydrogen) atoms. The van der Waals surface area contributed by atoms with Gasteiger partial charge in [0.05, 0.1) is 10.2 Å². The first-order valence-electron chi connectivity index (χ1n) is 22.3. The average molecular weight is 926 g/mol. The Labute approximate surface area is 481 Å². The van der Waals surface area contributed by atoms with Crippen molar-refractivity contribution >= 4 is 421 Å². The molecule has 0 saturated carbocycles. The van der Waals surface area contributed by atoms with Crippen molar-refractivity contribution < 1.29 is 4.42 Å². The summed E-state index contributed by atoms with van der Waals surface area (Å²) in [6, 6.07) is 0. The zero-order valence-electron chi connectivity index (χ0n) is 40.1. The lowest BCUT2D eigenvalue weighted by molar-refractivity contribution is 0.674. The van der Waals surface area contributed by atoms with E-state index in [1.165, 1.54) is 0 Å². The third-order valence-electron chi connectivity index (χ3n) is 14.4. The van der Waals surface area contributed by atoms with Gasteiger partial charge in [-0.15, -0.1) is 66.0 Å². The molecule has 52 radical (unpaired) electrons. The van der Waals surface area contributed by atoms with Gasteiger partial charge in [0, 0.05) is 48.8 Å². The molecule has 0 atom stereocenters. The summed E-state index contributed by atoms with van der Waals surface area (Å²) in [6.07, 6.45) is 0. The van der Waals surface area contributed by atoms with E-state index < -0.39 is 0 Å². The van der Waals surface area contributed by atoms with E-state index in [0.717, 1.165) is 11.3 Å². The van der Waals surface area contributed by atoms with E-state index in [9.17, 15) is 0 Å². The summed E-state index contributed by atoms with van der Waals surface area (Å²) < 4.78 is 9.06. The van der Waals surface area contributed by atoms with E-state index in [4.69, 9.17) is 218 Å². The van der Waals surface area contributed by atoms with E-state index in [-0.39, 0.29) is 226 Å². The maximum atomic E-state index is 7.28. The predicted molar refractivity (Wildman–Crippen MR) is 351 cm³/mol. The molecule has 5 nitrogen and oxygen atoms in total. The molecule has 0 aliphatic rings. The van der Waals surface area contributed by atoms with E-state index in [2.05, 4.69) is 4.98 Å². The van der Waals surface area contributed by atoms with Gasteiger partial charge in [0.1, 0.15) is 215 Å². The molecular formula is C45B26N4OS. The van der Waals surface area contributed by atoms with Crippen molar-refractivity contribution in [2.24, 2.45) is 0 Å². The third-order valence-corrected chi connectivity index (χ3v) is 15.6. The van der Waals surface area contributed by atoms with Gasteiger partial charge < -0.3 is 8.98 Å². The number of hydrogen-bond acceptors (Lipinski definition) is 5. The van der Waals surface area contributed by atoms with Crippen molar-refractivity contribution in [1.82, 2.24) is 19.5 Å². The highest BCUT2D eigenvalue weighted by Gasteiger charge is 2.31. The van der Waals surface area contributed by atoms with Crippen LogP contribution in [0.4, 0.5) is 0 Å². The minimum absolute atomic E-state index is 0.0138. The van der Waals surface area contributed by atoms with Crippen LogP contribution in [0.15, 0.2) is 4.42 Å². The zero-order chi connectivity index (χ0) is 56.1. The maximum absolute atomic E-state index is 7.28. The van der Waals surface area contributed by atoms with E-state index in [1.807, 2.05) is 0 Å². The minimum atomic E-state index is -0.292. The average Bonchev–Trinajstić information content (AvgIpc) is 4.33. The first-order chi connectivity index (χ1) is 36.1. The summed E-state index contributed by atoms with van der Waals surface area (Å²) in [5, 5.41) is 1.35. The fourth-order valence-corrected chi connectivity index (χ4v) is 11.5. The molecule has 0 aliphatic carbocycles. The normalized spacial score (nSPS) is 11.9. The van der Waals surface area contributed by atoms with E-state index in [0.29, 0.717) is 20.2 Å². The highest BCUT2D eigenvalue weighted by Crippen LogP contribution is 2.39. The second-order valence-electron chi connectivity index (χ2n) is 18.3. The molecule has 0 spiro atoms. The highest BCUT2D eigenvalue weighted by molar-refractivity contribution is 7.28. The Morgan fingerprint density at radius 1 is 0.247 bits per heavy atom. The summed E-state index contributed by atoms with van der Waals surface area (Å²) in [7, 11) is 173. The predicted octanol–water partition coefficient (Wildman–Crippen LogP) is -19.1. The Hall–Kier alpha value is -4.94. The molecule has 290 valence electrons. The Morgan fingerprint density at radius 2 is 0.545 bits per heavy atom. The third kappa shape index (κ3) is 7.06. The smallest absolute Gasteiger partial charge is 0.163 e. The molecule has 32 heteroatoms. The van der Waals surface area contributed by atoms with Gasteiger partial charge in [-0.3, -0.25) is 0 Å².